The van der Waals surface area contributed by atoms with Gasteiger partial charge < -0.3 is 20.0 Å². The van der Waals surface area contributed by atoms with E-state index < -0.39 is 0 Å². The van der Waals surface area contributed by atoms with E-state index in [9.17, 15) is 0 Å². The summed E-state index contributed by atoms with van der Waals surface area (Å²) in [6.45, 7) is 10.7. The normalized spacial score (nSPS) is 15.0. The summed E-state index contributed by atoms with van der Waals surface area (Å²) in [7, 11) is 2.18. The van der Waals surface area contributed by atoms with Crippen molar-refractivity contribution in [2.75, 3.05) is 61.4 Å². The average molecular weight is 370 g/mol. The van der Waals surface area contributed by atoms with Crippen LogP contribution < -0.4 is 15.1 Å². The highest BCUT2D eigenvalue weighted by Crippen LogP contribution is 2.21. The van der Waals surface area contributed by atoms with E-state index in [1.54, 1.807) is 6.20 Å². The summed E-state index contributed by atoms with van der Waals surface area (Å²) in [5.41, 5.74) is 2.24. The Morgan fingerprint density at radius 2 is 1.67 bits per heavy atom. The molecule has 1 aromatic heterocycles. The van der Waals surface area contributed by atoms with Gasteiger partial charge in [-0.1, -0.05) is 13.8 Å². The quantitative estimate of drug-likeness (QED) is 0.767. The molecule has 1 N–H and O–H groups in total. The van der Waals surface area contributed by atoms with Crippen molar-refractivity contribution < 1.29 is 0 Å². The zero-order valence-electron chi connectivity index (χ0n) is 16.7. The van der Waals surface area contributed by atoms with Crippen molar-refractivity contribution in [3.63, 3.8) is 0 Å². The second-order valence-electron chi connectivity index (χ2n) is 7.09. The van der Waals surface area contributed by atoms with E-state index in [0.29, 0.717) is 5.95 Å². The molecule has 2 aromatic rings. The molecule has 1 aliphatic rings. The van der Waals surface area contributed by atoms with Crippen molar-refractivity contribution in [3.8, 4) is 0 Å². The van der Waals surface area contributed by atoms with E-state index in [1.807, 2.05) is 0 Å². The van der Waals surface area contributed by atoms with Crippen LogP contribution >= 0.6 is 0 Å². The van der Waals surface area contributed by atoms with Crippen LogP contribution in [0.25, 0.3) is 0 Å². The molecule has 7 nitrogen and oxygen atoms in total. The predicted molar refractivity (Wildman–Crippen MR) is 112 cm³/mol. The van der Waals surface area contributed by atoms with Gasteiger partial charge in [-0.25, -0.2) is 0 Å². The fourth-order valence-corrected chi connectivity index (χ4v) is 3.33. The van der Waals surface area contributed by atoms with Crippen LogP contribution in [0.15, 0.2) is 30.5 Å². The number of benzene rings is 1. The molecule has 27 heavy (non-hydrogen) atoms. The first-order valence-corrected chi connectivity index (χ1v) is 9.95. The molecular weight excluding hydrogens is 338 g/mol. The smallest absolute Gasteiger partial charge is 0.249 e. The van der Waals surface area contributed by atoms with Crippen LogP contribution in [0.2, 0.25) is 0 Å². The summed E-state index contributed by atoms with van der Waals surface area (Å²) in [5, 5.41) is 11.6. The molecule has 0 amide bonds. The highest BCUT2D eigenvalue weighted by atomic mass is 15.3. The van der Waals surface area contributed by atoms with Gasteiger partial charge in [-0.3, -0.25) is 0 Å². The maximum absolute atomic E-state index is 4.65. The van der Waals surface area contributed by atoms with Crippen molar-refractivity contribution in [1.82, 2.24) is 20.1 Å². The van der Waals surface area contributed by atoms with Crippen molar-refractivity contribution in [1.29, 1.82) is 0 Å². The van der Waals surface area contributed by atoms with Crippen LogP contribution in [0, 0.1) is 0 Å². The number of piperazine rings is 1. The van der Waals surface area contributed by atoms with Crippen LogP contribution in [0.5, 0.6) is 0 Å². The Morgan fingerprint density at radius 3 is 2.30 bits per heavy atom. The Kier molecular flexibility index (Phi) is 6.81. The van der Waals surface area contributed by atoms with Crippen molar-refractivity contribution in [2.24, 2.45) is 0 Å². The van der Waals surface area contributed by atoms with Gasteiger partial charge in [0.05, 0.1) is 6.20 Å². The van der Waals surface area contributed by atoms with Crippen LogP contribution in [0.1, 0.15) is 26.7 Å². The van der Waals surface area contributed by atoms with Gasteiger partial charge in [-0.2, -0.15) is 10.1 Å². The summed E-state index contributed by atoms with van der Waals surface area (Å²) in [6.07, 6.45) is 3.91. The lowest BCUT2D eigenvalue weighted by atomic mass is 10.2. The molecule has 7 heteroatoms. The second-order valence-corrected chi connectivity index (χ2v) is 7.09. The van der Waals surface area contributed by atoms with E-state index in [0.717, 1.165) is 63.6 Å². The monoisotopic (exact) mass is 369 g/mol. The number of hydrogen-bond acceptors (Lipinski definition) is 7. The van der Waals surface area contributed by atoms with Gasteiger partial charge >= 0.3 is 0 Å². The second kappa shape index (κ2) is 9.50. The minimum Gasteiger partial charge on any atom is -0.369 e. The summed E-state index contributed by atoms with van der Waals surface area (Å²) in [4.78, 5) is 11.7. The molecule has 1 saturated heterocycles. The maximum Gasteiger partial charge on any atom is 0.249 e. The number of rotatable bonds is 8. The van der Waals surface area contributed by atoms with Crippen LogP contribution in [-0.2, 0) is 0 Å². The van der Waals surface area contributed by atoms with Crippen LogP contribution in [0.4, 0.5) is 23.1 Å². The average Bonchev–Trinajstić information content (AvgIpc) is 2.69. The van der Waals surface area contributed by atoms with Gasteiger partial charge in [0.25, 0.3) is 0 Å². The van der Waals surface area contributed by atoms with Gasteiger partial charge in [0, 0.05) is 50.6 Å². The Bertz CT molecular complexity index is 690. The fraction of sp³-hybridized carbons (Fsp3) is 0.550. The zero-order chi connectivity index (χ0) is 19.1. The standard InChI is InChI=1S/C20H31N7/c1-4-10-27(11-5-2)19-16-21-24-20(23-19)22-17-6-8-18(9-7-17)26-14-12-25(3)13-15-26/h6-9,16H,4-5,10-15H2,1-3H3,(H,22,23,24). The first-order chi connectivity index (χ1) is 13.2. The maximum atomic E-state index is 4.65. The zero-order valence-corrected chi connectivity index (χ0v) is 16.7. The molecule has 0 aliphatic carbocycles. The molecule has 0 saturated carbocycles. The molecule has 1 aromatic carbocycles. The molecule has 0 unspecified atom stereocenters. The number of aromatic nitrogens is 3. The fourth-order valence-electron chi connectivity index (χ4n) is 3.33. The number of hydrogen-bond donors (Lipinski definition) is 1. The van der Waals surface area contributed by atoms with E-state index in [4.69, 9.17) is 0 Å². The number of anilines is 4. The minimum atomic E-state index is 0.539. The topological polar surface area (TPSA) is 60.4 Å². The van der Waals surface area contributed by atoms with Crippen LogP contribution in [0.3, 0.4) is 0 Å². The third-order valence-corrected chi connectivity index (χ3v) is 4.85. The summed E-state index contributed by atoms with van der Waals surface area (Å²) < 4.78 is 0. The summed E-state index contributed by atoms with van der Waals surface area (Å²) in [6, 6.07) is 8.48. The molecule has 2 heterocycles. The molecule has 0 spiro atoms. The van der Waals surface area contributed by atoms with Gasteiger partial charge in [-0.15, -0.1) is 5.10 Å². The van der Waals surface area contributed by atoms with Crippen LogP contribution in [-0.4, -0.2) is 66.4 Å². The first-order valence-electron chi connectivity index (χ1n) is 9.95. The number of likely N-dealkylation sites (N-methyl/N-ethyl adjacent to an activating group) is 1. The van der Waals surface area contributed by atoms with E-state index in [1.165, 1.54) is 5.69 Å². The lowest BCUT2D eigenvalue weighted by Crippen LogP contribution is -2.44. The SMILES string of the molecule is CCCN(CCC)c1cnnc(Nc2ccc(N3CCN(C)CC3)cc2)n1. The predicted octanol–water partition coefficient (Wildman–Crippen LogP) is 2.99. The van der Waals surface area contributed by atoms with Crippen molar-refractivity contribution in [2.45, 2.75) is 26.7 Å². The first kappa shape index (κ1) is 19.4. The molecule has 3 rings (SSSR count). The molecule has 0 bridgehead atoms. The molecule has 0 radical (unpaired) electrons. The van der Waals surface area contributed by atoms with Crippen molar-refractivity contribution in [3.05, 3.63) is 30.5 Å². The Balaban J connectivity index is 1.65. The minimum absolute atomic E-state index is 0.539. The molecule has 0 atom stereocenters. The van der Waals surface area contributed by atoms with E-state index in [2.05, 4.69) is 80.4 Å². The van der Waals surface area contributed by atoms with Crippen molar-refractivity contribution >= 4 is 23.1 Å². The highest BCUT2D eigenvalue weighted by molar-refractivity contribution is 5.60. The molecular formula is C20H31N7. The number of nitrogens with zero attached hydrogens (tertiary/aromatic N) is 6. The van der Waals surface area contributed by atoms with Gasteiger partial charge in [-0.05, 0) is 44.2 Å². The molecule has 1 fully saturated rings. The summed E-state index contributed by atoms with van der Waals surface area (Å²) in [5.74, 6) is 1.42. The Hall–Kier alpha value is -2.41. The largest absolute Gasteiger partial charge is 0.369 e. The molecule has 1 aliphatic heterocycles. The number of nitrogens with one attached hydrogen (secondary N) is 1. The lowest BCUT2D eigenvalue weighted by molar-refractivity contribution is 0.313. The Morgan fingerprint density at radius 1 is 1.00 bits per heavy atom. The van der Waals surface area contributed by atoms with Gasteiger partial charge in [0.15, 0.2) is 5.82 Å². The molecule has 146 valence electrons. The highest BCUT2D eigenvalue weighted by Gasteiger charge is 2.14. The lowest BCUT2D eigenvalue weighted by Gasteiger charge is -2.34. The third kappa shape index (κ3) is 5.29. The van der Waals surface area contributed by atoms with Gasteiger partial charge in [0.1, 0.15) is 0 Å². The summed E-state index contributed by atoms with van der Waals surface area (Å²) >= 11 is 0. The third-order valence-electron chi connectivity index (χ3n) is 4.85. The Labute approximate surface area is 162 Å². The van der Waals surface area contributed by atoms with E-state index in [-0.39, 0.29) is 0 Å². The van der Waals surface area contributed by atoms with E-state index >= 15 is 0 Å². The van der Waals surface area contributed by atoms with Gasteiger partial charge in [0.2, 0.25) is 5.95 Å².